The van der Waals surface area contributed by atoms with Crippen molar-refractivity contribution in [3.63, 3.8) is 0 Å². The second kappa shape index (κ2) is 7.61. The Bertz CT molecular complexity index is 231. The van der Waals surface area contributed by atoms with Crippen LogP contribution >= 0.6 is 11.8 Å². The molecule has 3 N–H and O–H groups in total. The van der Waals surface area contributed by atoms with Gasteiger partial charge < -0.3 is 11.1 Å². The fourth-order valence-electron chi connectivity index (χ4n) is 1.11. The summed E-state index contributed by atoms with van der Waals surface area (Å²) in [5, 5.41) is 2.83. The predicted molar refractivity (Wildman–Crippen MR) is 66.7 cm³/mol. The predicted octanol–water partition coefficient (Wildman–Crippen LogP) is 0.986. The molecule has 0 bridgehead atoms. The van der Waals surface area contributed by atoms with Crippen molar-refractivity contribution in [2.75, 3.05) is 18.1 Å². The largest absolute Gasteiger partial charge is 0.354 e. The number of terminal acetylenes is 1. The first-order chi connectivity index (χ1) is 7.10. The van der Waals surface area contributed by atoms with Crippen LogP contribution in [0.2, 0.25) is 0 Å². The summed E-state index contributed by atoms with van der Waals surface area (Å²) in [4.78, 5) is 11.7. The first-order valence-electron chi connectivity index (χ1n) is 5.19. The van der Waals surface area contributed by atoms with E-state index in [1.807, 2.05) is 13.8 Å². The van der Waals surface area contributed by atoms with E-state index in [1.54, 1.807) is 11.8 Å². The van der Waals surface area contributed by atoms with Crippen molar-refractivity contribution in [1.29, 1.82) is 0 Å². The molecule has 0 spiro atoms. The Morgan fingerprint density at radius 3 is 2.60 bits per heavy atom. The zero-order valence-corrected chi connectivity index (χ0v) is 10.3. The van der Waals surface area contributed by atoms with E-state index < -0.39 is 5.54 Å². The van der Waals surface area contributed by atoms with Crippen molar-refractivity contribution in [1.82, 2.24) is 5.32 Å². The van der Waals surface area contributed by atoms with E-state index in [2.05, 4.69) is 11.2 Å². The molecule has 0 saturated carbocycles. The number of hydrogen-bond donors (Lipinski definition) is 2. The summed E-state index contributed by atoms with van der Waals surface area (Å²) in [6.45, 7) is 4.48. The van der Waals surface area contributed by atoms with E-state index >= 15 is 0 Å². The van der Waals surface area contributed by atoms with E-state index in [0.29, 0.717) is 25.1 Å². The molecule has 0 saturated heterocycles. The molecule has 0 rings (SSSR count). The number of nitrogens with two attached hydrogens (primary N) is 1. The molecule has 86 valence electrons. The average Bonchev–Trinajstić information content (AvgIpc) is 2.27. The summed E-state index contributed by atoms with van der Waals surface area (Å²) >= 11 is 1.63. The standard InChI is InChI=1S/C11H20N2OS/c1-4-8-15-9-7-13-10(14)11(12,5-2)6-3/h1H,5-9,12H2,2-3H3,(H,13,14). The molecular weight excluding hydrogens is 208 g/mol. The minimum absolute atomic E-state index is 0.0613. The Hall–Kier alpha value is -0.660. The maximum Gasteiger partial charge on any atom is 0.240 e. The second-order valence-electron chi connectivity index (χ2n) is 3.38. The molecule has 0 unspecified atom stereocenters. The lowest BCUT2D eigenvalue weighted by molar-refractivity contribution is -0.126. The summed E-state index contributed by atoms with van der Waals surface area (Å²) in [5.74, 6) is 3.99. The van der Waals surface area contributed by atoms with Crippen LogP contribution in [-0.4, -0.2) is 29.5 Å². The molecule has 1 amide bonds. The Morgan fingerprint density at radius 2 is 2.13 bits per heavy atom. The minimum Gasteiger partial charge on any atom is -0.354 e. The van der Waals surface area contributed by atoms with E-state index in [9.17, 15) is 4.79 Å². The zero-order valence-electron chi connectivity index (χ0n) is 9.51. The van der Waals surface area contributed by atoms with E-state index in [4.69, 9.17) is 12.2 Å². The smallest absolute Gasteiger partial charge is 0.240 e. The third kappa shape index (κ3) is 5.10. The van der Waals surface area contributed by atoms with Crippen molar-refractivity contribution in [3.05, 3.63) is 0 Å². The Morgan fingerprint density at radius 1 is 1.53 bits per heavy atom. The second-order valence-corrected chi connectivity index (χ2v) is 4.48. The summed E-state index contributed by atoms with van der Waals surface area (Å²) in [6, 6.07) is 0. The van der Waals surface area contributed by atoms with E-state index in [1.165, 1.54) is 0 Å². The lowest BCUT2D eigenvalue weighted by Crippen LogP contribution is -2.53. The van der Waals surface area contributed by atoms with Gasteiger partial charge in [0.25, 0.3) is 0 Å². The molecule has 0 heterocycles. The molecule has 0 aromatic heterocycles. The molecule has 0 aromatic rings. The number of carbonyl (C=O) groups excluding carboxylic acids is 1. The third-order valence-electron chi connectivity index (χ3n) is 2.43. The van der Waals surface area contributed by atoms with Crippen LogP contribution in [0.15, 0.2) is 0 Å². The highest BCUT2D eigenvalue weighted by Crippen LogP contribution is 2.10. The van der Waals surface area contributed by atoms with Crippen molar-refractivity contribution < 1.29 is 4.79 Å². The zero-order chi connectivity index (χ0) is 11.7. The highest BCUT2D eigenvalue weighted by Gasteiger charge is 2.29. The average molecular weight is 228 g/mol. The van der Waals surface area contributed by atoms with Gasteiger partial charge in [0.1, 0.15) is 0 Å². The number of rotatable bonds is 7. The van der Waals surface area contributed by atoms with Crippen LogP contribution in [0.3, 0.4) is 0 Å². The molecule has 0 aromatic carbocycles. The lowest BCUT2D eigenvalue weighted by Gasteiger charge is -2.25. The molecule has 15 heavy (non-hydrogen) atoms. The summed E-state index contributed by atoms with van der Waals surface area (Å²) in [5.41, 5.74) is 5.22. The molecule has 4 heteroatoms. The van der Waals surface area contributed by atoms with Gasteiger partial charge in [0, 0.05) is 12.3 Å². The maximum atomic E-state index is 11.7. The Balaban J connectivity index is 3.78. The fourth-order valence-corrected chi connectivity index (χ4v) is 1.62. The number of carbonyl (C=O) groups is 1. The first kappa shape index (κ1) is 14.3. The normalized spacial score (nSPS) is 10.8. The minimum atomic E-state index is -0.712. The molecule has 0 aliphatic rings. The van der Waals surface area contributed by atoms with Crippen molar-refractivity contribution in [2.45, 2.75) is 32.2 Å². The molecule has 0 aliphatic heterocycles. The Kier molecular flexibility index (Phi) is 7.27. The van der Waals surface area contributed by atoms with Crippen LogP contribution in [0.1, 0.15) is 26.7 Å². The van der Waals surface area contributed by atoms with Crippen LogP contribution in [0.25, 0.3) is 0 Å². The van der Waals surface area contributed by atoms with E-state index in [0.717, 1.165) is 5.75 Å². The van der Waals surface area contributed by atoms with Gasteiger partial charge in [0.15, 0.2) is 0 Å². The summed E-state index contributed by atoms with van der Waals surface area (Å²) in [6.07, 6.45) is 6.42. The van der Waals surface area contributed by atoms with Crippen LogP contribution in [0.5, 0.6) is 0 Å². The van der Waals surface area contributed by atoms with Crippen molar-refractivity contribution in [2.24, 2.45) is 5.73 Å². The topological polar surface area (TPSA) is 55.1 Å². The van der Waals surface area contributed by atoms with Gasteiger partial charge in [0.2, 0.25) is 5.91 Å². The maximum absolute atomic E-state index is 11.7. The number of amides is 1. The SMILES string of the molecule is C#CCSCCNC(=O)C(N)(CC)CC. The van der Waals surface area contributed by atoms with Crippen LogP contribution in [-0.2, 0) is 4.79 Å². The van der Waals surface area contributed by atoms with Gasteiger partial charge in [-0.3, -0.25) is 4.79 Å². The fraction of sp³-hybridized carbons (Fsp3) is 0.727. The van der Waals surface area contributed by atoms with Crippen LogP contribution in [0.4, 0.5) is 0 Å². The number of hydrogen-bond acceptors (Lipinski definition) is 3. The van der Waals surface area contributed by atoms with Gasteiger partial charge in [-0.05, 0) is 12.8 Å². The molecular formula is C11H20N2OS. The van der Waals surface area contributed by atoms with Crippen LogP contribution < -0.4 is 11.1 Å². The van der Waals surface area contributed by atoms with Crippen molar-refractivity contribution in [3.8, 4) is 12.3 Å². The van der Waals surface area contributed by atoms with Gasteiger partial charge in [-0.1, -0.05) is 19.8 Å². The van der Waals surface area contributed by atoms with Gasteiger partial charge in [-0.25, -0.2) is 0 Å². The summed E-state index contributed by atoms with van der Waals surface area (Å²) < 4.78 is 0. The van der Waals surface area contributed by atoms with Gasteiger partial charge >= 0.3 is 0 Å². The third-order valence-corrected chi connectivity index (χ3v) is 3.29. The molecule has 3 nitrogen and oxygen atoms in total. The summed E-state index contributed by atoms with van der Waals surface area (Å²) in [7, 11) is 0. The highest BCUT2D eigenvalue weighted by atomic mass is 32.2. The first-order valence-corrected chi connectivity index (χ1v) is 6.34. The molecule has 0 fully saturated rings. The molecule has 0 radical (unpaired) electrons. The van der Waals surface area contributed by atoms with Gasteiger partial charge in [-0.2, -0.15) is 0 Å². The molecule has 0 aliphatic carbocycles. The number of thioether (sulfide) groups is 1. The lowest BCUT2D eigenvalue weighted by atomic mass is 9.93. The monoisotopic (exact) mass is 228 g/mol. The number of nitrogens with one attached hydrogen (secondary N) is 1. The van der Waals surface area contributed by atoms with Crippen LogP contribution in [0, 0.1) is 12.3 Å². The van der Waals surface area contributed by atoms with Crippen molar-refractivity contribution >= 4 is 17.7 Å². The van der Waals surface area contributed by atoms with Gasteiger partial charge in [0.05, 0.1) is 11.3 Å². The highest BCUT2D eigenvalue weighted by molar-refractivity contribution is 7.99. The Labute approximate surface area is 96.6 Å². The molecule has 0 atom stereocenters. The van der Waals surface area contributed by atoms with E-state index in [-0.39, 0.29) is 5.91 Å². The quantitative estimate of drug-likeness (QED) is 0.504. The van der Waals surface area contributed by atoms with Gasteiger partial charge in [-0.15, -0.1) is 18.2 Å².